The zero-order valence-corrected chi connectivity index (χ0v) is 19.7. The summed E-state index contributed by atoms with van der Waals surface area (Å²) < 4.78 is 6.10. The van der Waals surface area contributed by atoms with Crippen molar-refractivity contribution in [3.63, 3.8) is 0 Å². The van der Waals surface area contributed by atoms with E-state index in [0.29, 0.717) is 19.1 Å². The predicted octanol–water partition coefficient (Wildman–Crippen LogP) is 2.33. The summed E-state index contributed by atoms with van der Waals surface area (Å²) in [5, 5.41) is 6.93. The van der Waals surface area contributed by atoms with E-state index in [4.69, 9.17) is 15.3 Å². The highest BCUT2D eigenvalue weighted by molar-refractivity contribution is 5.46. The van der Waals surface area contributed by atoms with Crippen LogP contribution < -0.4 is 21.8 Å². The van der Waals surface area contributed by atoms with Crippen molar-refractivity contribution in [2.24, 2.45) is 5.73 Å². The van der Waals surface area contributed by atoms with Crippen LogP contribution in [0.3, 0.4) is 0 Å². The summed E-state index contributed by atoms with van der Waals surface area (Å²) in [6, 6.07) is 0.475. The summed E-state index contributed by atoms with van der Waals surface area (Å²) in [7, 11) is 3.76. The SMILES string of the molecule is C=C(C)C(C)OC1=C(N)CC=CC(/C(=C/NC2CCN(CCONC)CC2)CNC)=C1. The molecule has 1 heterocycles. The van der Waals surface area contributed by atoms with Crippen molar-refractivity contribution in [3.8, 4) is 0 Å². The van der Waals surface area contributed by atoms with Gasteiger partial charge in [-0.1, -0.05) is 18.7 Å². The number of likely N-dealkylation sites (tertiary alicyclic amines) is 1. The topological polar surface area (TPSA) is 83.8 Å². The Hall–Kier alpha value is -2.06. The standard InChI is InChI=1S/C24H41N5O2/c1-18(2)19(3)31-24-15-20(7-6-8-23(24)25)21(16-26-4)17-28-22-9-11-29(12-10-22)13-14-30-27-5/h6-7,15,17,19,22,26-28H,1,8-14,16,25H2,2-5H3/b21-17+. The monoisotopic (exact) mass is 431 g/mol. The number of rotatable bonds is 12. The van der Waals surface area contributed by atoms with Gasteiger partial charge in [-0.05, 0) is 56.5 Å². The molecule has 0 bridgehead atoms. The van der Waals surface area contributed by atoms with Gasteiger partial charge in [0.15, 0.2) is 0 Å². The van der Waals surface area contributed by atoms with E-state index in [1.807, 2.05) is 27.0 Å². The highest BCUT2D eigenvalue weighted by Crippen LogP contribution is 2.23. The van der Waals surface area contributed by atoms with E-state index in [-0.39, 0.29) is 6.10 Å². The molecule has 0 aromatic rings. The van der Waals surface area contributed by atoms with Gasteiger partial charge in [0, 0.05) is 51.9 Å². The molecule has 0 aromatic carbocycles. The molecule has 31 heavy (non-hydrogen) atoms. The molecule has 0 spiro atoms. The molecular weight excluding hydrogens is 390 g/mol. The molecular formula is C24H41N5O2. The van der Waals surface area contributed by atoms with Crippen molar-refractivity contribution >= 4 is 0 Å². The first-order valence-electron chi connectivity index (χ1n) is 11.2. The summed E-state index contributed by atoms with van der Waals surface area (Å²) in [5.74, 6) is 0.731. The molecule has 0 aromatic heterocycles. The minimum absolute atomic E-state index is 0.0808. The minimum atomic E-state index is -0.0808. The third kappa shape index (κ3) is 8.53. The molecule has 0 saturated carbocycles. The Morgan fingerprint density at radius 1 is 1.35 bits per heavy atom. The number of nitrogens with zero attached hydrogens (tertiary/aromatic N) is 1. The molecule has 1 fully saturated rings. The number of likely N-dealkylation sites (N-methyl/N-ethyl adjacent to an activating group) is 1. The van der Waals surface area contributed by atoms with E-state index >= 15 is 0 Å². The first-order chi connectivity index (χ1) is 14.9. The summed E-state index contributed by atoms with van der Waals surface area (Å²) in [4.78, 5) is 7.68. The van der Waals surface area contributed by atoms with Crippen molar-refractivity contribution in [1.29, 1.82) is 0 Å². The number of allylic oxidation sites excluding steroid dienone is 3. The summed E-state index contributed by atoms with van der Waals surface area (Å²) in [6.45, 7) is 12.6. The summed E-state index contributed by atoms with van der Waals surface area (Å²) in [6.07, 6.45) is 11.3. The molecule has 0 amide bonds. The third-order valence-corrected chi connectivity index (χ3v) is 5.71. The largest absolute Gasteiger partial charge is 0.485 e. The van der Waals surface area contributed by atoms with E-state index in [2.05, 4.69) is 45.9 Å². The molecule has 7 nitrogen and oxygen atoms in total. The smallest absolute Gasteiger partial charge is 0.139 e. The Balaban J connectivity index is 2.03. The van der Waals surface area contributed by atoms with Crippen LogP contribution in [0.1, 0.15) is 33.1 Å². The maximum absolute atomic E-state index is 6.27. The molecule has 1 aliphatic heterocycles. The van der Waals surface area contributed by atoms with Crippen molar-refractivity contribution in [2.75, 3.05) is 46.9 Å². The number of piperidine rings is 1. The van der Waals surface area contributed by atoms with Gasteiger partial charge in [0.25, 0.3) is 0 Å². The van der Waals surface area contributed by atoms with E-state index in [9.17, 15) is 0 Å². The van der Waals surface area contributed by atoms with Crippen LogP contribution in [0.15, 0.2) is 59.2 Å². The minimum Gasteiger partial charge on any atom is -0.485 e. The van der Waals surface area contributed by atoms with E-state index in [1.54, 1.807) is 7.05 Å². The molecule has 0 radical (unpaired) electrons. The van der Waals surface area contributed by atoms with Gasteiger partial charge in [-0.25, -0.2) is 5.48 Å². The Kier molecular flexibility index (Phi) is 10.9. The maximum atomic E-state index is 6.27. The summed E-state index contributed by atoms with van der Waals surface area (Å²) >= 11 is 0. The number of ether oxygens (including phenoxy) is 1. The average molecular weight is 432 g/mol. The zero-order chi connectivity index (χ0) is 22.6. The van der Waals surface area contributed by atoms with Crippen LogP contribution in [0.4, 0.5) is 0 Å². The van der Waals surface area contributed by atoms with Crippen molar-refractivity contribution < 1.29 is 9.57 Å². The van der Waals surface area contributed by atoms with Crippen LogP contribution in [0.25, 0.3) is 0 Å². The van der Waals surface area contributed by atoms with E-state index < -0.39 is 0 Å². The average Bonchev–Trinajstić information content (AvgIpc) is 2.93. The van der Waals surface area contributed by atoms with Gasteiger partial charge in [0.2, 0.25) is 0 Å². The maximum Gasteiger partial charge on any atom is 0.139 e. The second kappa shape index (κ2) is 13.4. The highest BCUT2D eigenvalue weighted by atomic mass is 16.6. The fraction of sp³-hybridized carbons (Fsp3) is 0.583. The fourth-order valence-electron chi connectivity index (χ4n) is 3.54. The van der Waals surface area contributed by atoms with Crippen LogP contribution >= 0.6 is 0 Å². The number of hydrogen-bond donors (Lipinski definition) is 4. The molecule has 1 aliphatic carbocycles. The molecule has 5 N–H and O–H groups in total. The third-order valence-electron chi connectivity index (χ3n) is 5.71. The second-order valence-electron chi connectivity index (χ2n) is 8.24. The van der Waals surface area contributed by atoms with Crippen molar-refractivity contribution in [1.82, 2.24) is 21.0 Å². The van der Waals surface area contributed by atoms with Crippen LogP contribution in [-0.4, -0.2) is 63.9 Å². The molecule has 2 rings (SSSR count). The highest BCUT2D eigenvalue weighted by Gasteiger charge is 2.18. The quantitative estimate of drug-likeness (QED) is 0.214. The Bertz CT molecular complexity index is 703. The lowest BCUT2D eigenvalue weighted by atomic mass is 10.0. The lowest BCUT2D eigenvalue weighted by Gasteiger charge is -2.32. The molecule has 1 saturated heterocycles. The number of hydrogen-bond acceptors (Lipinski definition) is 7. The molecule has 1 unspecified atom stereocenters. The van der Waals surface area contributed by atoms with Gasteiger partial charge in [-0.15, -0.1) is 0 Å². The van der Waals surface area contributed by atoms with Gasteiger partial charge >= 0.3 is 0 Å². The van der Waals surface area contributed by atoms with Gasteiger partial charge in [-0.3, -0.25) is 0 Å². The molecule has 2 aliphatic rings. The zero-order valence-electron chi connectivity index (χ0n) is 19.7. The number of nitrogens with two attached hydrogens (primary N) is 1. The van der Waals surface area contributed by atoms with Gasteiger partial charge < -0.3 is 30.8 Å². The Morgan fingerprint density at radius 3 is 2.74 bits per heavy atom. The number of nitrogens with one attached hydrogen (secondary N) is 3. The Labute approximate surface area is 188 Å². The van der Waals surface area contributed by atoms with Crippen molar-refractivity contribution in [2.45, 2.75) is 45.3 Å². The van der Waals surface area contributed by atoms with E-state index in [1.165, 1.54) is 5.57 Å². The van der Waals surface area contributed by atoms with Crippen molar-refractivity contribution in [3.05, 3.63) is 59.2 Å². The first kappa shape index (κ1) is 25.2. The normalized spacial score (nSPS) is 19.7. The number of hydroxylamine groups is 1. The van der Waals surface area contributed by atoms with Crippen LogP contribution in [-0.2, 0) is 9.57 Å². The van der Waals surface area contributed by atoms with Crippen LogP contribution in [0, 0.1) is 0 Å². The molecule has 174 valence electrons. The van der Waals surface area contributed by atoms with E-state index in [0.717, 1.165) is 61.6 Å². The van der Waals surface area contributed by atoms with Gasteiger partial charge in [0.05, 0.1) is 12.3 Å². The summed E-state index contributed by atoms with van der Waals surface area (Å²) in [5.41, 5.74) is 13.0. The first-order valence-corrected chi connectivity index (χ1v) is 11.2. The predicted molar refractivity (Wildman–Crippen MR) is 128 cm³/mol. The second-order valence-corrected chi connectivity index (χ2v) is 8.24. The fourth-order valence-corrected chi connectivity index (χ4v) is 3.54. The molecule has 1 atom stereocenters. The van der Waals surface area contributed by atoms with Gasteiger partial charge in [-0.2, -0.15) is 0 Å². The van der Waals surface area contributed by atoms with Crippen LogP contribution in [0.5, 0.6) is 0 Å². The van der Waals surface area contributed by atoms with Gasteiger partial charge in [0.1, 0.15) is 11.9 Å². The lowest BCUT2D eigenvalue weighted by molar-refractivity contribution is 0.0357. The van der Waals surface area contributed by atoms with Crippen LogP contribution in [0.2, 0.25) is 0 Å². The molecule has 7 heteroatoms. The Morgan fingerprint density at radius 2 is 2.10 bits per heavy atom. The lowest BCUT2D eigenvalue weighted by Crippen LogP contribution is -2.42.